The molecule has 0 N–H and O–H groups in total. The van der Waals surface area contributed by atoms with Crippen LogP contribution in [0.4, 0.5) is 0 Å². The summed E-state index contributed by atoms with van der Waals surface area (Å²) in [6.07, 6.45) is 9.18. The molecule has 2 heterocycles. The van der Waals surface area contributed by atoms with Gasteiger partial charge in [0.25, 0.3) is 0 Å². The van der Waals surface area contributed by atoms with Gasteiger partial charge in [0.2, 0.25) is 0 Å². The van der Waals surface area contributed by atoms with Gasteiger partial charge in [-0.25, -0.2) is 0 Å². The van der Waals surface area contributed by atoms with E-state index in [1.165, 1.54) is 45.3 Å². The third-order valence-electron chi connectivity index (χ3n) is 4.55. The van der Waals surface area contributed by atoms with Gasteiger partial charge >= 0.3 is 0 Å². The van der Waals surface area contributed by atoms with Crippen LogP contribution in [0.15, 0.2) is 0 Å². The van der Waals surface area contributed by atoms with Crippen LogP contribution >= 0.6 is 0 Å². The summed E-state index contributed by atoms with van der Waals surface area (Å²) in [4.78, 5) is 2.75. The number of hydrogen-bond acceptors (Lipinski definition) is 1. The van der Waals surface area contributed by atoms with E-state index >= 15 is 0 Å². The number of fused-ring (bicyclic) bond motifs is 3. The smallest absolute Gasteiger partial charge is 0.00124 e. The number of nitrogens with zero attached hydrogens (tertiary/aromatic N) is 1. The zero-order valence-electron chi connectivity index (χ0n) is 8.54. The third-order valence-corrected chi connectivity index (χ3v) is 4.55. The van der Waals surface area contributed by atoms with Crippen molar-refractivity contribution in [2.75, 3.05) is 19.6 Å². The molecule has 1 saturated carbocycles. The normalized spacial score (nSPS) is 49.8. The van der Waals surface area contributed by atoms with Crippen molar-refractivity contribution in [2.24, 2.45) is 17.8 Å². The second kappa shape index (κ2) is 3.27. The van der Waals surface area contributed by atoms with Gasteiger partial charge in [0.05, 0.1) is 0 Å². The summed E-state index contributed by atoms with van der Waals surface area (Å²) < 4.78 is 0. The molecular weight excluding hydrogens is 158 g/mol. The monoisotopic (exact) mass is 179 g/mol. The van der Waals surface area contributed by atoms with Crippen LogP contribution in [0.3, 0.4) is 0 Å². The number of hydrogen-bond donors (Lipinski definition) is 0. The van der Waals surface area contributed by atoms with Crippen LogP contribution in [-0.4, -0.2) is 24.5 Å². The molecule has 3 aliphatic rings. The molecule has 4 unspecified atom stereocenters. The Morgan fingerprint density at radius 2 is 1.77 bits per heavy atom. The number of piperidine rings is 1. The average molecular weight is 179 g/mol. The highest BCUT2D eigenvalue weighted by Gasteiger charge is 2.35. The molecule has 1 nitrogen and oxygen atoms in total. The second-order valence-corrected chi connectivity index (χ2v) is 5.45. The molecule has 4 atom stereocenters. The van der Waals surface area contributed by atoms with Gasteiger partial charge in [0.15, 0.2) is 0 Å². The first-order valence-electron chi connectivity index (χ1n) is 6.14. The minimum absolute atomic E-state index is 1.07. The van der Waals surface area contributed by atoms with Crippen LogP contribution in [0.1, 0.15) is 38.5 Å². The molecule has 2 aliphatic heterocycles. The minimum atomic E-state index is 1.07. The quantitative estimate of drug-likeness (QED) is 0.552. The molecule has 13 heavy (non-hydrogen) atoms. The first-order chi connectivity index (χ1) is 6.42. The topological polar surface area (TPSA) is 3.24 Å². The van der Waals surface area contributed by atoms with Gasteiger partial charge in [-0.1, -0.05) is 12.8 Å². The van der Waals surface area contributed by atoms with Crippen LogP contribution in [0.5, 0.6) is 0 Å². The largest absolute Gasteiger partial charge is 0.303 e. The van der Waals surface area contributed by atoms with Gasteiger partial charge in [-0.3, -0.25) is 0 Å². The van der Waals surface area contributed by atoms with Crippen molar-refractivity contribution in [3.63, 3.8) is 0 Å². The van der Waals surface area contributed by atoms with E-state index in [9.17, 15) is 0 Å². The summed E-state index contributed by atoms with van der Waals surface area (Å²) in [7, 11) is 0. The molecule has 3 fully saturated rings. The van der Waals surface area contributed by atoms with Crippen molar-refractivity contribution in [2.45, 2.75) is 38.5 Å². The van der Waals surface area contributed by atoms with Crippen molar-refractivity contribution in [3.8, 4) is 0 Å². The van der Waals surface area contributed by atoms with Gasteiger partial charge in [-0.05, 0) is 50.0 Å². The molecule has 1 heteroatoms. The second-order valence-electron chi connectivity index (χ2n) is 5.45. The predicted molar refractivity (Wildman–Crippen MR) is 54.6 cm³/mol. The van der Waals surface area contributed by atoms with Crippen molar-refractivity contribution in [1.82, 2.24) is 4.90 Å². The fourth-order valence-corrected chi connectivity index (χ4v) is 3.93. The molecule has 2 saturated heterocycles. The zero-order valence-corrected chi connectivity index (χ0v) is 8.54. The highest BCUT2D eigenvalue weighted by atomic mass is 15.1. The Hall–Kier alpha value is -0.0400. The van der Waals surface area contributed by atoms with E-state index < -0.39 is 0 Å². The van der Waals surface area contributed by atoms with E-state index in [1.807, 2.05) is 0 Å². The lowest BCUT2D eigenvalue weighted by atomic mass is 9.86. The van der Waals surface area contributed by atoms with E-state index in [0.29, 0.717) is 0 Å². The molecule has 0 aromatic rings. The van der Waals surface area contributed by atoms with Gasteiger partial charge in [0, 0.05) is 13.1 Å². The van der Waals surface area contributed by atoms with Gasteiger partial charge in [-0.2, -0.15) is 0 Å². The summed E-state index contributed by atoms with van der Waals surface area (Å²) in [5, 5.41) is 0. The van der Waals surface area contributed by atoms with E-state index in [4.69, 9.17) is 0 Å². The van der Waals surface area contributed by atoms with Crippen molar-refractivity contribution in [3.05, 3.63) is 0 Å². The average Bonchev–Trinajstić information content (AvgIpc) is 2.49. The van der Waals surface area contributed by atoms with E-state index in [0.717, 1.165) is 17.8 Å². The molecule has 0 spiro atoms. The fraction of sp³-hybridized carbons (Fsp3) is 1.00. The van der Waals surface area contributed by atoms with Crippen molar-refractivity contribution >= 4 is 0 Å². The summed E-state index contributed by atoms with van der Waals surface area (Å²) >= 11 is 0. The molecule has 1 aliphatic carbocycles. The van der Waals surface area contributed by atoms with Gasteiger partial charge < -0.3 is 4.90 Å². The fourth-order valence-electron chi connectivity index (χ4n) is 3.93. The summed E-state index contributed by atoms with van der Waals surface area (Å²) in [6.45, 7) is 4.29. The maximum atomic E-state index is 2.75. The molecule has 0 aromatic heterocycles. The first kappa shape index (κ1) is 8.28. The predicted octanol–water partition coefficient (Wildman–Crippen LogP) is 2.52. The third kappa shape index (κ3) is 1.52. The Morgan fingerprint density at radius 1 is 0.846 bits per heavy atom. The Balaban J connectivity index is 1.77. The van der Waals surface area contributed by atoms with Crippen LogP contribution < -0.4 is 0 Å². The first-order valence-corrected chi connectivity index (χ1v) is 6.14. The zero-order chi connectivity index (χ0) is 8.67. The van der Waals surface area contributed by atoms with Crippen LogP contribution in [0, 0.1) is 17.8 Å². The van der Waals surface area contributed by atoms with Gasteiger partial charge in [-0.15, -0.1) is 0 Å². The molecule has 3 rings (SSSR count). The highest BCUT2D eigenvalue weighted by molar-refractivity contribution is 4.88. The molecule has 0 amide bonds. The molecule has 0 aromatic carbocycles. The summed E-state index contributed by atoms with van der Waals surface area (Å²) in [5.74, 6) is 3.28. The van der Waals surface area contributed by atoms with E-state index in [2.05, 4.69) is 4.90 Å². The van der Waals surface area contributed by atoms with E-state index in [1.54, 1.807) is 12.8 Å². The lowest BCUT2D eigenvalue weighted by Gasteiger charge is -2.30. The Morgan fingerprint density at radius 3 is 2.77 bits per heavy atom. The van der Waals surface area contributed by atoms with Crippen molar-refractivity contribution < 1.29 is 0 Å². The highest BCUT2D eigenvalue weighted by Crippen LogP contribution is 2.41. The standard InChI is InChI=1S/C12H21N/c1-4-11-7-10-3-2-6-13(8-10)9-12(11)5-1/h10-12H,1-9H2. The lowest BCUT2D eigenvalue weighted by Crippen LogP contribution is -2.35. The Bertz CT molecular complexity index is 172. The summed E-state index contributed by atoms with van der Waals surface area (Å²) in [5.41, 5.74) is 0. The molecule has 0 radical (unpaired) electrons. The van der Waals surface area contributed by atoms with Crippen molar-refractivity contribution in [1.29, 1.82) is 0 Å². The number of rotatable bonds is 0. The lowest BCUT2D eigenvalue weighted by molar-refractivity contribution is 0.179. The van der Waals surface area contributed by atoms with Gasteiger partial charge in [0.1, 0.15) is 0 Å². The maximum absolute atomic E-state index is 2.75. The summed E-state index contributed by atoms with van der Waals surface area (Å²) in [6, 6.07) is 0. The molecule has 74 valence electrons. The van der Waals surface area contributed by atoms with Crippen LogP contribution in [0.2, 0.25) is 0 Å². The van der Waals surface area contributed by atoms with Crippen LogP contribution in [0.25, 0.3) is 0 Å². The minimum Gasteiger partial charge on any atom is -0.303 e. The van der Waals surface area contributed by atoms with E-state index in [-0.39, 0.29) is 0 Å². The van der Waals surface area contributed by atoms with Crippen LogP contribution in [-0.2, 0) is 0 Å². The molecular formula is C12H21N. The Kier molecular flexibility index (Phi) is 2.08. The SMILES string of the molecule is C1CC2CC3CCCN(C3)CC2C1. The Labute approximate surface area is 81.5 Å². The maximum Gasteiger partial charge on any atom is 0.00124 e. The molecule has 2 bridgehead atoms.